The van der Waals surface area contributed by atoms with Gasteiger partial charge in [-0.15, -0.1) is 11.3 Å². The van der Waals surface area contributed by atoms with Crippen molar-refractivity contribution in [2.24, 2.45) is 0 Å². The zero-order valence-electron chi connectivity index (χ0n) is 11.9. The molecule has 2 aromatic heterocycles. The number of nitrogens with one attached hydrogen (secondary N) is 2. The molecule has 0 atom stereocenters. The third-order valence-corrected chi connectivity index (χ3v) is 4.82. The van der Waals surface area contributed by atoms with Crippen molar-refractivity contribution >= 4 is 56.8 Å². The molecule has 2 N–H and O–H groups in total. The first kappa shape index (κ1) is 15.4. The van der Waals surface area contributed by atoms with Crippen LogP contribution in [0.5, 0.6) is 0 Å². The summed E-state index contributed by atoms with van der Waals surface area (Å²) in [4.78, 5) is 27.4. The zero-order valence-corrected chi connectivity index (χ0v) is 13.5. The van der Waals surface area contributed by atoms with E-state index in [4.69, 9.17) is 0 Å². The highest BCUT2D eigenvalue weighted by Crippen LogP contribution is 2.29. The minimum Gasteiger partial charge on any atom is -0.305 e. The van der Waals surface area contributed by atoms with Crippen molar-refractivity contribution in [1.29, 1.82) is 0 Å². The van der Waals surface area contributed by atoms with Gasteiger partial charge in [0, 0.05) is 6.92 Å². The summed E-state index contributed by atoms with van der Waals surface area (Å²) in [5, 5.41) is 12.0. The zero-order chi connectivity index (χ0) is 16.2. The van der Waals surface area contributed by atoms with Crippen LogP contribution in [-0.4, -0.2) is 32.9 Å². The molecule has 0 fully saturated rings. The Balaban J connectivity index is 1.59. The van der Waals surface area contributed by atoms with Crippen molar-refractivity contribution < 1.29 is 14.2 Å². The SMILES string of the molecule is CC(=O)Nc1nonc1NC(=O)CSc1nc2ccccc2s1. The summed E-state index contributed by atoms with van der Waals surface area (Å²) in [6.45, 7) is 1.32. The predicted molar refractivity (Wildman–Crippen MR) is 87.6 cm³/mol. The number of aromatic nitrogens is 3. The van der Waals surface area contributed by atoms with Crippen LogP contribution in [0.2, 0.25) is 0 Å². The second-order valence-electron chi connectivity index (χ2n) is 4.43. The Labute approximate surface area is 138 Å². The quantitative estimate of drug-likeness (QED) is 0.680. The standard InChI is InChI=1S/C13H11N5O3S2/c1-7(19)14-11-12(18-21-17-11)16-10(20)6-22-13-15-8-4-2-3-5-9(8)23-13/h2-5H,6H2,1H3,(H,14,17,19)(H,16,18,20). The molecule has 0 aliphatic rings. The molecular formula is C13H11N5O3S2. The summed E-state index contributed by atoms with van der Waals surface area (Å²) in [6.07, 6.45) is 0. The molecule has 3 aromatic rings. The van der Waals surface area contributed by atoms with E-state index in [-0.39, 0.29) is 29.2 Å². The topological polar surface area (TPSA) is 110 Å². The highest BCUT2D eigenvalue weighted by atomic mass is 32.2. The van der Waals surface area contributed by atoms with E-state index < -0.39 is 0 Å². The molecular weight excluding hydrogens is 338 g/mol. The van der Waals surface area contributed by atoms with Gasteiger partial charge in [-0.1, -0.05) is 23.9 Å². The van der Waals surface area contributed by atoms with Gasteiger partial charge >= 0.3 is 0 Å². The number of hydrogen-bond donors (Lipinski definition) is 2. The molecule has 118 valence electrons. The number of para-hydroxylation sites is 1. The molecule has 0 saturated carbocycles. The van der Waals surface area contributed by atoms with Crippen molar-refractivity contribution in [3.63, 3.8) is 0 Å². The van der Waals surface area contributed by atoms with Gasteiger partial charge in [0.15, 0.2) is 4.34 Å². The van der Waals surface area contributed by atoms with Crippen LogP contribution >= 0.6 is 23.1 Å². The molecule has 10 heteroatoms. The van der Waals surface area contributed by atoms with Crippen LogP contribution in [0, 0.1) is 0 Å². The van der Waals surface area contributed by atoms with Gasteiger partial charge < -0.3 is 10.6 Å². The highest BCUT2D eigenvalue weighted by Gasteiger charge is 2.15. The molecule has 8 nitrogen and oxygen atoms in total. The Morgan fingerprint density at radius 1 is 1.22 bits per heavy atom. The summed E-state index contributed by atoms with van der Waals surface area (Å²) in [6, 6.07) is 7.78. The number of thiazole rings is 1. The first-order valence-electron chi connectivity index (χ1n) is 6.50. The fraction of sp³-hybridized carbons (Fsp3) is 0.154. The molecule has 1 aromatic carbocycles. The van der Waals surface area contributed by atoms with E-state index >= 15 is 0 Å². The normalized spacial score (nSPS) is 10.7. The maximum Gasteiger partial charge on any atom is 0.236 e. The molecule has 3 rings (SSSR count). The van der Waals surface area contributed by atoms with Gasteiger partial charge in [-0.3, -0.25) is 9.59 Å². The Morgan fingerprint density at radius 2 is 1.96 bits per heavy atom. The lowest BCUT2D eigenvalue weighted by Crippen LogP contribution is -2.16. The molecule has 0 unspecified atom stereocenters. The number of hydrogen-bond acceptors (Lipinski definition) is 8. The van der Waals surface area contributed by atoms with Crippen molar-refractivity contribution in [2.75, 3.05) is 16.4 Å². The number of carbonyl (C=O) groups is 2. The molecule has 0 saturated heterocycles. The second kappa shape index (κ2) is 6.75. The highest BCUT2D eigenvalue weighted by molar-refractivity contribution is 8.01. The number of benzene rings is 1. The Kier molecular flexibility index (Phi) is 4.53. The number of amides is 2. The predicted octanol–water partition coefficient (Wildman–Crippen LogP) is 2.37. The van der Waals surface area contributed by atoms with E-state index in [0.29, 0.717) is 0 Å². The monoisotopic (exact) mass is 349 g/mol. The lowest BCUT2D eigenvalue weighted by atomic mass is 10.3. The Bertz CT molecular complexity index is 827. The molecule has 23 heavy (non-hydrogen) atoms. The third kappa shape index (κ3) is 3.85. The van der Waals surface area contributed by atoms with Gasteiger partial charge in [-0.05, 0) is 22.4 Å². The number of anilines is 2. The van der Waals surface area contributed by atoms with E-state index in [1.54, 1.807) is 0 Å². The summed E-state index contributed by atoms with van der Waals surface area (Å²) in [5.74, 6) is -0.311. The van der Waals surface area contributed by atoms with Crippen molar-refractivity contribution in [3.05, 3.63) is 24.3 Å². The number of carbonyl (C=O) groups excluding carboxylic acids is 2. The minimum absolute atomic E-state index is 0.0788. The molecule has 0 bridgehead atoms. The van der Waals surface area contributed by atoms with Crippen LogP contribution in [-0.2, 0) is 9.59 Å². The number of nitrogens with zero attached hydrogens (tertiary/aromatic N) is 3. The van der Waals surface area contributed by atoms with Crippen molar-refractivity contribution in [2.45, 2.75) is 11.3 Å². The Hall–Kier alpha value is -2.46. The molecule has 0 radical (unpaired) electrons. The van der Waals surface area contributed by atoms with E-state index in [9.17, 15) is 9.59 Å². The van der Waals surface area contributed by atoms with Crippen molar-refractivity contribution in [3.8, 4) is 0 Å². The number of rotatable bonds is 5. The third-order valence-electron chi connectivity index (χ3n) is 2.64. The van der Waals surface area contributed by atoms with Crippen molar-refractivity contribution in [1.82, 2.24) is 15.3 Å². The van der Waals surface area contributed by atoms with Crippen LogP contribution in [0.1, 0.15) is 6.92 Å². The maximum absolute atomic E-state index is 12.0. The van der Waals surface area contributed by atoms with Crippen LogP contribution in [0.3, 0.4) is 0 Å². The van der Waals surface area contributed by atoms with Crippen LogP contribution in [0.4, 0.5) is 11.6 Å². The van der Waals surface area contributed by atoms with Gasteiger partial charge in [0.05, 0.1) is 16.0 Å². The van der Waals surface area contributed by atoms with E-state index in [0.717, 1.165) is 14.6 Å². The fourth-order valence-electron chi connectivity index (χ4n) is 1.73. The summed E-state index contributed by atoms with van der Waals surface area (Å²) in [5.41, 5.74) is 0.911. The largest absolute Gasteiger partial charge is 0.305 e. The van der Waals surface area contributed by atoms with E-state index in [1.807, 2.05) is 24.3 Å². The smallest absolute Gasteiger partial charge is 0.236 e. The summed E-state index contributed by atoms with van der Waals surface area (Å²) < 4.78 is 6.38. The van der Waals surface area contributed by atoms with Gasteiger partial charge in [-0.2, -0.15) is 0 Å². The minimum atomic E-state index is -0.333. The summed E-state index contributed by atoms with van der Waals surface area (Å²) in [7, 11) is 0. The average molecular weight is 349 g/mol. The number of fused-ring (bicyclic) bond motifs is 1. The van der Waals surface area contributed by atoms with Crippen LogP contribution in [0.15, 0.2) is 33.2 Å². The number of thioether (sulfide) groups is 1. The molecule has 2 heterocycles. The molecule has 0 aliphatic carbocycles. The van der Waals surface area contributed by atoms with Crippen LogP contribution in [0.25, 0.3) is 10.2 Å². The summed E-state index contributed by atoms with van der Waals surface area (Å²) >= 11 is 2.85. The Morgan fingerprint density at radius 3 is 2.70 bits per heavy atom. The average Bonchev–Trinajstić information content (AvgIpc) is 3.11. The van der Waals surface area contributed by atoms with E-state index in [2.05, 4.69) is 30.6 Å². The van der Waals surface area contributed by atoms with Gasteiger partial charge in [0.25, 0.3) is 0 Å². The lowest BCUT2D eigenvalue weighted by Gasteiger charge is -2.01. The van der Waals surface area contributed by atoms with Crippen LogP contribution < -0.4 is 10.6 Å². The lowest BCUT2D eigenvalue weighted by molar-refractivity contribution is -0.115. The first-order chi connectivity index (χ1) is 11.1. The molecule has 0 aliphatic heterocycles. The van der Waals surface area contributed by atoms with Gasteiger partial charge in [-0.25, -0.2) is 9.61 Å². The van der Waals surface area contributed by atoms with E-state index in [1.165, 1.54) is 30.0 Å². The molecule has 2 amide bonds. The van der Waals surface area contributed by atoms with Gasteiger partial charge in [0.1, 0.15) is 0 Å². The second-order valence-corrected chi connectivity index (χ2v) is 6.68. The fourth-order valence-corrected chi connectivity index (χ4v) is 3.60. The van der Waals surface area contributed by atoms with Gasteiger partial charge in [0.2, 0.25) is 23.5 Å². The first-order valence-corrected chi connectivity index (χ1v) is 8.30. The maximum atomic E-state index is 12.0. The molecule has 0 spiro atoms.